The summed E-state index contributed by atoms with van der Waals surface area (Å²) in [5.74, 6) is 0. The minimum absolute atomic E-state index is 0.0470. The maximum Gasteiger partial charge on any atom is 0.407 e. The van der Waals surface area contributed by atoms with Crippen LogP contribution in [0.4, 0.5) is 16.2 Å². The number of halogens is 1. The number of nitro benzene ring substituents is 1. The zero-order chi connectivity index (χ0) is 16.9. The minimum Gasteiger partial charge on any atom is -0.444 e. The maximum atomic E-state index is 11.5. The zero-order valence-electron chi connectivity index (χ0n) is 13.0. The summed E-state index contributed by atoms with van der Waals surface area (Å²) in [4.78, 5) is 22.0. The molecule has 0 fully saturated rings. The molecule has 0 aliphatic heterocycles. The van der Waals surface area contributed by atoms with E-state index in [0.29, 0.717) is 24.3 Å². The summed E-state index contributed by atoms with van der Waals surface area (Å²) in [5.41, 5.74) is 0.682. The molecule has 0 bridgehead atoms. The molecule has 122 valence electrons. The quantitative estimate of drug-likeness (QED) is 0.467. The fourth-order valence-corrected chi connectivity index (χ4v) is 2.27. The highest BCUT2D eigenvalue weighted by atomic mass is 79.9. The molecule has 1 amide bonds. The van der Waals surface area contributed by atoms with E-state index in [0.717, 1.165) is 4.47 Å². The number of carbonyl (C=O) groups is 1. The van der Waals surface area contributed by atoms with Gasteiger partial charge in [0.2, 0.25) is 0 Å². The van der Waals surface area contributed by atoms with E-state index in [1.54, 1.807) is 33.8 Å². The Kier molecular flexibility index (Phi) is 6.16. The Morgan fingerprint density at radius 2 is 2.00 bits per heavy atom. The summed E-state index contributed by atoms with van der Waals surface area (Å²) in [5, 5.41) is 16.6. The average molecular weight is 374 g/mol. The molecule has 2 N–H and O–H groups in total. The second-order valence-corrected chi connectivity index (χ2v) is 6.59. The molecule has 0 atom stereocenters. The Bertz CT molecular complexity index is 570. The van der Waals surface area contributed by atoms with Crippen molar-refractivity contribution in [3.63, 3.8) is 0 Å². The van der Waals surface area contributed by atoms with Crippen molar-refractivity contribution < 1.29 is 14.5 Å². The minimum atomic E-state index is -0.544. The Balaban J connectivity index is 2.54. The number of rotatable bonds is 5. The molecule has 0 saturated heterocycles. The van der Waals surface area contributed by atoms with E-state index < -0.39 is 16.6 Å². The summed E-state index contributed by atoms with van der Waals surface area (Å²) < 4.78 is 5.83. The lowest BCUT2D eigenvalue weighted by Gasteiger charge is -2.19. The highest BCUT2D eigenvalue weighted by Crippen LogP contribution is 2.30. The largest absolute Gasteiger partial charge is 0.444 e. The second kappa shape index (κ2) is 7.44. The van der Waals surface area contributed by atoms with Crippen molar-refractivity contribution in [2.24, 2.45) is 0 Å². The number of ether oxygens (including phenoxy) is 1. The lowest BCUT2D eigenvalue weighted by Crippen LogP contribution is -2.35. The fourth-order valence-electron chi connectivity index (χ4n) is 1.67. The number of benzene rings is 1. The summed E-state index contributed by atoms with van der Waals surface area (Å²) >= 11 is 3.35. The molecule has 0 aliphatic rings. The van der Waals surface area contributed by atoms with Crippen LogP contribution in [-0.4, -0.2) is 29.7 Å². The Morgan fingerprint density at radius 3 is 2.55 bits per heavy atom. The van der Waals surface area contributed by atoms with Crippen LogP contribution in [0.2, 0.25) is 0 Å². The van der Waals surface area contributed by atoms with E-state index in [-0.39, 0.29) is 5.69 Å². The Hall–Kier alpha value is -1.83. The summed E-state index contributed by atoms with van der Waals surface area (Å²) in [6.07, 6.45) is -0.497. The first-order valence-electron chi connectivity index (χ1n) is 6.75. The predicted octanol–water partition coefficient (Wildman–Crippen LogP) is 3.60. The van der Waals surface area contributed by atoms with Gasteiger partial charge in [0.1, 0.15) is 5.60 Å². The van der Waals surface area contributed by atoms with Crippen LogP contribution in [0.3, 0.4) is 0 Å². The molecular formula is C14H20BrN3O4. The number of nitro groups is 1. The molecule has 0 heterocycles. The number of hydrogen-bond donors (Lipinski definition) is 2. The van der Waals surface area contributed by atoms with Gasteiger partial charge in [-0.1, -0.05) is 0 Å². The van der Waals surface area contributed by atoms with E-state index in [1.165, 1.54) is 6.07 Å². The summed E-state index contributed by atoms with van der Waals surface area (Å²) in [6.45, 7) is 7.78. The topological polar surface area (TPSA) is 93.5 Å². The molecule has 0 spiro atoms. The van der Waals surface area contributed by atoms with Crippen molar-refractivity contribution in [2.75, 3.05) is 18.4 Å². The SMILES string of the molecule is Cc1cc(Br)c(NCCNC(=O)OC(C)(C)C)cc1[N+](=O)[O-]. The summed E-state index contributed by atoms with van der Waals surface area (Å²) in [6, 6.07) is 3.15. The molecular weight excluding hydrogens is 354 g/mol. The number of nitrogens with zero attached hydrogens (tertiary/aromatic N) is 1. The predicted molar refractivity (Wildman–Crippen MR) is 88.3 cm³/mol. The van der Waals surface area contributed by atoms with Gasteiger partial charge in [0.25, 0.3) is 5.69 Å². The van der Waals surface area contributed by atoms with E-state index >= 15 is 0 Å². The lowest BCUT2D eigenvalue weighted by molar-refractivity contribution is -0.385. The first-order chi connectivity index (χ1) is 10.1. The molecule has 7 nitrogen and oxygen atoms in total. The van der Waals surface area contributed by atoms with Crippen LogP contribution in [0.25, 0.3) is 0 Å². The third-order valence-electron chi connectivity index (χ3n) is 2.59. The van der Waals surface area contributed by atoms with Crippen LogP contribution < -0.4 is 10.6 Å². The van der Waals surface area contributed by atoms with Crippen molar-refractivity contribution in [1.29, 1.82) is 0 Å². The molecule has 0 aromatic heterocycles. The van der Waals surface area contributed by atoms with Gasteiger partial charge in [-0.25, -0.2) is 4.79 Å². The van der Waals surface area contributed by atoms with Crippen LogP contribution in [0.1, 0.15) is 26.3 Å². The average Bonchev–Trinajstić information content (AvgIpc) is 2.33. The number of alkyl carbamates (subject to hydrolysis) is 1. The molecule has 0 radical (unpaired) electrons. The van der Waals surface area contributed by atoms with E-state index in [1.807, 2.05) is 0 Å². The van der Waals surface area contributed by atoms with Gasteiger partial charge < -0.3 is 15.4 Å². The van der Waals surface area contributed by atoms with Crippen LogP contribution in [0, 0.1) is 17.0 Å². The van der Waals surface area contributed by atoms with Gasteiger partial charge >= 0.3 is 6.09 Å². The number of nitrogens with one attached hydrogen (secondary N) is 2. The maximum absolute atomic E-state index is 11.5. The molecule has 0 aliphatic carbocycles. The van der Waals surface area contributed by atoms with Crippen LogP contribution in [-0.2, 0) is 4.74 Å². The third kappa shape index (κ3) is 5.88. The van der Waals surface area contributed by atoms with Gasteiger partial charge in [-0.15, -0.1) is 0 Å². The van der Waals surface area contributed by atoms with Crippen molar-refractivity contribution in [2.45, 2.75) is 33.3 Å². The molecule has 8 heteroatoms. The van der Waals surface area contributed by atoms with Crippen LogP contribution in [0.15, 0.2) is 16.6 Å². The smallest absolute Gasteiger partial charge is 0.407 e. The number of amides is 1. The second-order valence-electron chi connectivity index (χ2n) is 5.73. The standard InChI is InChI=1S/C14H20BrN3O4/c1-9-7-10(15)11(8-12(9)18(20)21)16-5-6-17-13(19)22-14(2,3)4/h7-8,16H,5-6H2,1-4H3,(H,17,19). The van der Waals surface area contributed by atoms with Gasteiger partial charge in [-0.3, -0.25) is 10.1 Å². The van der Waals surface area contributed by atoms with E-state index in [4.69, 9.17) is 4.74 Å². The molecule has 0 saturated carbocycles. The van der Waals surface area contributed by atoms with Crippen molar-refractivity contribution >= 4 is 33.4 Å². The van der Waals surface area contributed by atoms with Gasteiger partial charge in [0.05, 0.1) is 10.6 Å². The highest BCUT2D eigenvalue weighted by molar-refractivity contribution is 9.10. The Morgan fingerprint density at radius 1 is 1.36 bits per heavy atom. The van der Waals surface area contributed by atoms with Crippen molar-refractivity contribution in [3.8, 4) is 0 Å². The number of hydrogen-bond acceptors (Lipinski definition) is 5. The third-order valence-corrected chi connectivity index (χ3v) is 3.25. The van der Waals surface area contributed by atoms with Crippen LogP contribution >= 0.6 is 15.9 Å². The van der Waals surface area contributed by atoms with Crippen molar-refractivity contribution in [3.05, 3.63) is 32.3 Å². The first-order valence-corrected chi connectivity index (χ1v) is 7.54. The zero-order valence-corrected chi connectivity index (χ0v) is 14.6. The lowest BCUT2D eigenvalue weighted by atomic mass is 10.2. The number of aryl methyl sites for hydroxylation is 1. The van der Waals surface area contributed by atoms with Gasteiger partial charge in [0, 0.05) is 29.2 Å². The van der Waals surface area contributed by atoms with E-state index in [2.05, 4.69) is 26.6 Å². The monoisotopic (exact) mass is 373 g/mol. The molecule has 1 aromatic carbocycles. The normalized spacial score (nSPS) is 11.0. The molecule has 22 heavy (non-hydrogen) atoms. The Labute approximate surface area is 137 Å². The first kappa shape index (κ1) is 18.2. The number of carbonyl (C=O) groups excluding carboxylic acids is 1. The number of anilines is 1. The molecule has 1 aromatic rings. The van der Waals surface area contributed by atoms with Crippen LogP contribution in [0.5, 0.6) is 0 Å². The fraction of sp³-hybridized carbons (Fsp3) is 0.500. The van der Waals surface area contributed by atoms with Gasteiger partial charge in [0.15, 0.2) is 0 Å². The van der Waals surface area contributed by atoms with Gasteiger partial charge in [-0.2, -0.15) is 0 Å². The van der Waals surface area contributed by atoms with E-state index in [9.17, 15) is 14.9 Å². The molecule has 0 unspecified atom stereocenters. The highest BCUT2D eigenvalue weighted by Gasteiger charge is 2.16. The molecule has 1 rings (SSSR count). The van der Waals surface area contributed by atoms with Gasteiger partial charge in [-0.05, 0) is 49.7 Å². The summed E-state index contributed by atoms with van der Waals surface area (Å²) in [7, 11) is 0. The van der Waals surface area contributed by atoms with Crippen molar-refractivity contribution in [1.82, 2.24) is 5.32 Å².